The number of benzene rings is 1. The summed E-state index contributed by atoms with van der Waals surface area (Å²) in [6.07, 6.45) is 7.89. The molecule has 4 saturated carbocycles. The topological polar surface area (TPSA) is 58.6 Å². The van der Waals surface area contributed by atoms with Crippen molar-refractivity contribution in [3.8, 4) is 5.75 Å². The highest BCUT2D eigenvalue weighted by Crippen LogP contribution is 2.60. The van der Waals surface area contributed by atoms with E-state index in [-0.39, 0.29) is 23.5 Å². The zero-order valence-corrected chi connectivity index (χ0v) is 13.6. The van der Waals surface area contributed by atoms with Crippen LogP contribution in [-0.4, -0.2) is 19.4 Å². The molecular formula is C19H22FO4-. The Morgan fingerprint density at radius 1 is 1.17 bits per heavy atom. The number of rotatable bonds is 6. The first-order chi connectivity index (χ1) is 11.5. The van der Waals surface area contributed by atoms with Crippen LogP contribution in [0.2, 0.25) is 0 Å². The zero-order chi connectivity index (χ0) is 16.7. The number of carboxylic acids is 1. The number of aromatic carboxylic acids is 1. The molecule has 24 heavy (non-hydrogen) atoms. The summed E-state index contributed by atoms with van der Waals surface area (Å²) in [5.74, 6) is 0.517. The van der Waals surface area contributed by atoms with Crippen molar-refractivity contribution in [3.63, 3.8) is 0 Å². The third kappa shape index (κ3) is 3.02. The Morgan fingerprint density at radius 2 is 1.79 bits per heavy atom. The van der Waals surface area contributed by atoms with E-state index in [9.17, 15) is 14.3 Å². The van der Waals surface area contributed by atoms with Crippen LogP contribution in [-0.2, 0) is 4.74 Å². The predicted octanol–water partition coefficient (Wildman–Crippen LogP) is 2.76. The lowest BCUT2D eigenvalue weighted by molar-refractivity contribution is -0.255. The smallest absolute Gasteiger partial charge is 0.189 e. The molecule has 130 valence electrons. The molecule has 0 N–H and O–H groups in total. The molecule has 1 aromatic carbocycles. The number of hydrogen-bond acceptors (Lipinski definition) is 4. The molecule has 1 aromatic rings. The molecule has 0 radical (unpaired) electrons. The number of halogens is 1. The van der Waals surface area contributed by atoms with Gasteiger partial charge in [-0.05, 0) is 79.9 Å². The molecule has 4 fully saturated rings. The average molecular weight is 333 g/mol. The Balaban J connectivity index is 1.32. The lowest BCUT2D eigenvalue weighted by atomic mass is 9.50. The highest BCUT2D eigenvalue weighted by atomic mass is 19.1. The summed E-state index contributed by atoms with van der Waals surface area (Å²) in [6.45, 7) is 0.591. The second-order valence-corrected chi connectivity index (χ2v) is 7.96. The Hall–Kier alpha value is -1.62. The summed E-state index contributed by atoms with van der Waals surface area (Å²) in [5, 5.41) is 10.8. The molecule has 0 unspecified atom stereocenters. The SMILES string of the molecule is O=C([O-])c1ccc(F)c(OCOCC23CC4CC(CC(C4)C2)C3)c1. The Kier molecular flexibility index (Phi) is 3.99. The Bertz CT molecular complexity index is 607. The third-order valence-corrected chi connectivity index (χ3v) is 6.04. The van der Waals surface area contributed by atoms with Crippen molar-refractivity contribution in [2.45, 2.75) is 38.5 Å². The van der Waals surface area contributed by atoms with E-state index in [2.05, 4.69) is 0 Å². The van der Waals surface area contributed by atoms with Gasteiger partial charge in [-0.1, -0.05) is 0 Å². The number of ether oxygens (including phenoxy) is 2. The van der Waals surface area contributed by atoms with Crippen molar-refractivity contribution in [3.05, 3.63) is 29.6 Å². The number of carbonyl (C=O) groups excluding carboxylic acids is 1. The van der Waals surface area contributed by atoms with Crippen LogP contribution >= 0.6 is 0 Å². The van der Waals surface area contributed by atoms with Crippen molar-refractivity contribution in [1.29, 1.82) is 0 Å². The van der Waals surface area contributed by atoms with Crippen LogP contribution in [0.1, 0.15) is 48.9 Å². The van der Waals surface area contributed by atoms with Gasteiger partial charge in [-0.2, -0.15) is 0 Å². The minimum absolute atomic E-state index is 0.0603. The van der Waals surface area contributed by atoms with Gasteiger partial charge in [-0.3, -0.25) is 0 Å². The lowest BCUT2D eigenvalue weighted by Crippen LogP contribution is -2.48. The molecular weight excluding hydrogens is 311 g/mol. The lowest BCUT2D eigenvalue weighted by Gasteiger charge is -2.56. The maximum absolute atomic E-state index is 13.7. The van der Waals surface area contributed by atoms with Crippen molar-refractivity contribution in [2.24, 2.45) is 23.2 Å². The van der Waals surface area contributed by atoms with Gasteiger partial charge >= 0.3 is 0 Å². The molecule has 0 saturated heterocycles. The fourth-order valence-corrected chi connectivity index (χ4v) is 5.57. The minimum atomic E-state index is -1.35. The van der Waals surface area contributed by atoms with Gasteiger partial charge in [0, 0.05) is 5.56 Å². The molecule has 0 heterocycles. The van der Waals surface area contributed by atoms with Crippen LogP contribution in [0.5, 0.6) is 5.75 Å². The normalized spacial score (nSPS) is 33.6. The quantitative estimate of drug-likeness (QED) is 0.593. The third-order valence-electron chi connectivity index (χ3n) is 6.04. The van der Waals surface area contributed by atoms with Crippen LogP contribution < -0.4 is 9.84 Å². The van der Waals surface area contributed by atoms with Crippen molar-refractivity contribution in [1.82, 2.24) is 0 Å². The van der Waals surface area contributed by atoms with Crippen molar-refractivity contribution in [2.75, 3.05) is 13.4 Å². The van der Waals surface area contributed by atoms with Crippen LogP contribution in [0.4, 0.5) is 4.39 Å². The zero-order valence-electron chi connectivity index (χ0n) is 13.6. The van der Waals surface area contributed by atoms with Gasteiger partial charge < -0.3 is 19.4 Å². The summed E-state index contributed by atoms with van der Waals surface area (Å²) < 4.78 is 24.7. The van der Waals surface area contributed by atoms with E-state index in [1.807, 2.05) is 0 Å². The summed E-state index contributed by atoms with van der Waals surface area (Å²) in [5.41, 5.74) is 0.177. The second-order valence-electron chi connectivity index (χ2n) is 7.96. The van der Waals surface area contributed by atoms with Gasteiger partial charge in [0.2, 0.25) is 0 Å². The maximum Gasteiger partial charge on any atom is 0.189 e. The summed E-state index contributed by atoms with van der Waals surface area (Å²) in [4.78, 5) is 10.8. The molecule has 0 aromatic heterocycles. The molecule has 4 aliphatic carbocycles. The molecule has 0 aliphatic heterocycles. The van der Waals surface area contributed by atoms with E-state index in [1.165, 1.54) is 38.5 Å². The first kappa shape index (κ1) is 15.9. The Morgan fingerprint density at radius 3 is 2.38 bits per heavy atom. The van der Waals surface area contributed by atoms with Gasteiger partial charge in [-0.15, -0.1) is 0 Å². The van der Waals surface area contributed by atoms with Crippen molar-refractivity contribution >= 4 is 5.97 Å². The number of carboxylic acid groups (broad SMARTS) is 1. The fourth-order valence-electron chi connectivity index (χ4n) is 5.57. The second kappa shape index (κ2) is 6.03. The number of carbonyl (C=O) groups is 1. The first-order valence-electron chi connectivity index (χ1n) is 8.74. The van der Waals surface area contributed by atoms with Crippen molar-refractivity contribution < 1.29 is 23.8 Å². The molecule has 4 nitrogen and oxygen atoms in total. The molecule has 5 rings (SSSR count). The van der Waals surface area contributed by atoms with Gasteiger partial charge in [0.05, 0.1) is 12.6 Å². The van der Waals surface area contributed by atoms with Crippen LogP contribution in [0.15, 0.2) is 18.2 Å². The van der Waals surface area contributed by atoms with Crippen LogP contribution in [0.25, 0.3) is 0 Å². The van der Waals surface area contributed by atoms with Gasteiger partial charge in [0.25, 0.3) is 0 Å². The van der Waals surface area contributed by atoms with E-state index in [4.69, 9.17) is 9.47 Å². The van der Waals surface area contributed by atoms with Gasteiger partial charge in [0.1, 0.15) is 0 Å². The van der Waals surface area contributed by atoms with E-state index in [1.54, 1.807) is 0 Å². The van der Waals surface area contributed by atoms with E-state index >= 15 is 0 Å². The molecule has 5 heteroatoms. The highest BCUT2D eigenvalue weighted by Gasteiger charge is 2.50. The molecule has 0 atom stereocenters. The number of hydrogen-bond donors (Lipinski definition) is 0. The Labute approximate surface area is 141 Å². The summed E-state index contributed by atoms with van der Waals surface area (Å²) in [6, 6.07) is 3.37. The van der Waals surface area contributed by atoms with Gasteiger partial charge in [0.15, 0.2) is 18.4 Å². The van der Waals surface area contributed by atoms with Crippen LogP contribution in [0, 0.1) is 29.0 Å². The maximum atomic E-state index is 13.7. The average Bonchev–Trinajstić information content (AvgIpc) is 2.51. The van der Waals surface area contributed by atoms with E-state index in [0.29, 0.717) is 6.61 Å². The predicted molar refractivity (Wildman–Crippen MR) is 82.8 cm³/mol. The standard InChI is InChI=1S/C19H23FO4/c20-16-2-1-15(18(21)22)6-17(16)24-11-23-10-19-7-12-3-13(8-19)5-14(4-12)9-19/h1-2,6,12-14H,3-5,7-11H2,(H,21,22)/p-1. The van der Waals surface area contributed by atoms with E-state index in [0.717, 1.165) is 36.0 Å². The molecule has 4 bridgehead atoms. The minimum Gasteiger partial charge on any atom is -0.545 e. The molecule has 4 aliphatic rings. The monoisotopic (exact) mass is 333 g/mol. The van der Waals surface area contributed by atoms with E-state index < -0.39 is 11.8 Å². The largest absolute Gasteiger partial charge is 0.545 e. The molecule has 0 amide bonds. The molecule has 0 spiro atoms. The van der Waals surface area contributed by atoms with Crippen LogP contribution in [0.3, 0.4) is 0 Å². The summed E-state index contributed by atoms with van der Waals surface area (Å²) >= 11 is 0. The van der Waals surface area contributed by atoms with Gasteiger partial charge in [-0.25, -0.2) is 4.39 Å². The summed E-state index contributed by atoms with van der Waals surface area (Å²) in [7, 11) is 0. The fraction of sp³-hybridized carbons (Fsp3) is 0.632. The first-order valence-corrected chi connectivity index (χ1v) is 8.74. The highest BCUT2D eigenvalue weighted by molar-refractivity contribution is 5.86.